The first-order valence-electron chi connectivity index (χ1n) is 7.90. The quantitative estimate of drug-likeness (QED) is 0.725. The molecule has 2 N–H and O–H groups in total. The van der Waals surface area contributed by atoms with E-state index in [1.807, 2.05) is 36.4 Å². The third-order valence-electron chi connectivity index (χ3n) is 3.84. The summed E-state index contributed by atoms with van der Waals surface area (Å²) in [4.78, 5) is 14.2. The molecule has 3 aromatic rings. The van der Waals surface area contributed by atoms with Gasteiger partial charge in [-0.3, -0.25) is 0 Å². The molecule has 0 fully saturated rings. The van der Waals surface area contributed by atoms with Crippen LogP contribution in [-0.4, -0.2) is 36.2 Å². The van der Waals surface area contributed by atoms with Crippen molar-refractivity contribution in [1.82, 2.24) is 15.0 Å². The van der Waals surface area contributed by atoms with Gasteiger partial charge in [-0.25, -0.2) is 0 Å². The van der Waals surface area contributed by atoms with Crippen LogP contribution in [0.5, 0.6) is 5.75 Å². The lowest BCUT2D eigenvalue weighted by atomic mass is 10.0. The first-order valence-corrected chi connectivity index (χ1v) is 7.90. The van der Waals surface area contributed by atoms with Crippen LogP contribution in [-0.2, 0) is 0 Å². The summed E-state index contributed by atoms with van der Waals surface area (Å²) in [5.41, 5.74) is 6.94. The molecule has 1 aromatic heterocycles. The van der Waals surface area contributed by atoms with E-state index in [1.165, 1.54) is 0 Å². The van der Waals surface area contributed by atoms with Crippen LogP contribution in [0.1, 0.15) is 11.4 Å². The van der Waals surface area contributed by atoms with Crippen molar-refractivity contribution in [3.8, 4) is 11.8 Å². The van der Waals surface area contributed by atoms with Crippen molar-refractivity contribution in [2.45, 2.75) is 0 Å². The number of methoxy groups -OCH3 is 1. The summed E-state index contributed by atoms with van der Waals surface area (Å²) in [6.45, 7) is 0. The van der Waals surface area contributed by atoms with Crippen molar-refractivity contribution in [1.29, 1.82) is 5.26 Å². The fraction of sp³-hybridized carbons (Fsp3) is 0.158. The monoisotopic (exact) mass is 346 g/mol. The molecule has 2 aromatic carbocycles. The normalized spacial score (nSPS) is 11.2. The van der Waals surface area contributed by atoms with Crippen LogP contribution >= 0.6 is 0 Å². The standard InChI is InChI=1S/C19H18N6O/c1-25(2)19-23-17(22-18(21)24-19)13(11-20)10-12-8-9-16(26-3)15-7-5-4-6-14(12)15/h4-10H,1-3H3,(H2,21,22,23,24)/b13-10+. The second kappa shape index (κ2) is 7.07. The highest BCUT2D eigenvalue weighted by atomic mass is 16.5. The molecule has 0 unspecified atom stereocenters. The zero-order chi connectivity index (χ0) is 18.7. The van der Waals surface area contributed by atoms with Gasteiger partial charge in [-0.05, 0) is 23.1 Å². The Morgan fingerprint density at radius 2 is 1.85 bits per heavy atom. The van der Waals surface area contributed by atoms with E-state index in [-0.39, 0.29) is 11.8 Å². The summed E-state index contributed by atoms with van der Waals surface area (Å²) in [5, 5.41) is 11.6. The summed E-state index contributed by atoms with van der Waals surface area (Å²) in [6, 6.07) is 13.8. The number of fused-ring (bicyclic) bond motifs is 1. The van der Waals surface area contributed by atoms with Gasteiger partial charge in [-0.1, -0.05) is 30.3 Å². The Morgan fingerprint density at radius 3 is 2.50 bits per heavy atom. The molecular formula is C19H18N6O. The second-order valence-corrected chi connectivity index (χ2v) is 5.78. The van der Waals surface area contributed by atoms with Crippen molar-refractivity contribution in [3.63, 3.8) is 0 Å². The second-order valence-electron chi connectivity index (χ2n) is 5.78. The van der Waals surface area contributed by atoms with Gasteiger partial charge in [0.2, 0.25) is 11.9 Å². The van der Waals surface area contributed by atoms with E-state index in [0.717, 1.165) is 22.1 Å². The number of allylic oxidation sites excluding steroid dienone is 1. The lowest BCUT2D eigenvalue weighted by Crippen LogP contribution is -2.15. The zero-order valence-electron chi connectivity index (χ0n) is 14.8. The first kappa shape index (κ1) is 17.2. The third kappa shape index (κ3) is 3.26. The van der Waals surface area contributed by atoms with Crippen LogP contribution in [0, 0.1) is 11.3 Å². The largest absolute Gasteiger partial charge is 0.496 e. The molecular weight excluding hydrogens is 328 g/mol. The average Bonchev–Trinajstić information content (AvgIpc) is 2.65. The van der Waals surface area contributed by atoms with Crippen LogP contribution in [0.4, 0.5) is 11.9 Å². The molecule has 1 heterocycles. The number of hydrogen-bond donors (Lipinski definition) is 1. The van der Waals surface area contributed by atoms with Gasteiger partial charge in [0.15, 0.2) is 5.82 Å². The fourth-order valence-corrected chi connectivity index (χ4v) is 2.60. The van der Waals surface area contributed by atoms with E-state index in [0.29, 0.717) is 11.5 Å². The summed E-state index contributed by atoms with van der Waals surface area (Å²) < 4.78 is 5.42. The van der Waals surface area contributed by atoms with Gasteiger partial charge in [0.25, 0.3) is 0 Å². The number of rotatable bonds is 4. The van der Waals surface area contributed by atoms with Crippen LogP contribution in [0.3, 0.4) is 0 Å². The highest BCUT2D eigenvalue weighted by Crippen LogP contribution is 2.30. The van der Waals surface area contributed by atoms with E-state index >= 15 is 0 Å². The van der Waals surface area contributed by atoms with Gasteiger partial charge in [0.05, 0.1) is 12.7 Å². The maximum atomic E-state index is 9.64. The molecule has 0 aliphatic heterocycles. The first-order chi connectivity index (χ1) is 12.5. The number of benzene rings is 2. The molecule has 0 aliphatic carbocycles. The van der Waals surface area contributed by atoms with Crippen molar-refractivity contribution in [2.24, 2.45) is 0 Å². The summed E-state index contributed by atoms with van der Waals surface area (Å²) >= 11 is 0. The Morgan fingerprint density at radius 1 is 1.12 bits per heavy atom. The molecule has 0 amide bonds. The lowest BCUT2D eigenvalue weighted by Gasteiger charge is -2.11. The Hall–Kier alpha value is -3.66. The average molecular weight is 346 g/mol. The SMILES string of the molecule is COc1ccc(/C=C(\C#N)c2nc(N)nc(N(C)C)n2)c2ccccc12. The molecule has 0 bridgehead atoms. The van der Waals surface area contributed by atoms with E-state index < -0.39 is 0 Å². The molecule has 26 heavy (non-hydrogen) atoms. The number of ether oxygens (including phenoxy) is 1. The Labute approximate surface area is 151 Å². The van der Waals surface area contributed by atoms with E-state index in [9.17, 15) is 5.26 Å². The number of nitriles is 1. The predicted molar refractivity (Wildman–Crippen MR) is 103 cm³/mol. The van der Waals surface area contributed by atoms with Crippen LogP contribution in [0.25, 0.3) is 22.4 Å². The Balaban J connectivity index is 2.18. The maximum Gasteiger partial charge on any atom is 0.230 e. The lowest BCUT2D eigenvalue weighted by molar-refractivity contribution is 0.420. The number of aromatic nitrogens is 3. The summed E-state index contributed by atoms with van der Waals surface area (Å²) in [5.74, 6) is 1.48. The van der Waals surface area contributed by atoms with Crippen LogP contribution in [0.2, 0.25) is 0 Å². The van der Waals surface area contributed by atoms with Crippen molar-refractivity contribution in [2.75, 3.05) is 31.8 Å². The number of nitrogens with zero attached hydrogens (tertiary/aromatic N) is 5. The molecule has 0 radical (unpaired) electrons. The Kier molecular flexibility index (Phi) is 4.67. The van der Waals surface area contributed by atoms with Crippen molar-refractivity contribution < 1.29 is 4.74 Å². The highest BCUT2D eigenvalue weighted by molar-refractivity contribution is 5.99. The van der Waals surface area contributed by atoms with Gasteiger partial charge >= 0.3 is 0 Å². The molecule has 0 aliphatic rings. The zero-order valence-corrected chi connectivity index (χ0v) is 14.8. The van der Waals surface area contributed by atoms with Gasteiger partial charge in [-0.2, -0.15) is 20.2 Å². The smallest absolute Gasteiger partial charge is 0.230 e. The van der Waals surface area contributed by atoms with E-state index in [2.05, 4.69) is 21.0 Å². The van der Waals surface area contributed by atoms with E-state index in [4.69, 9.17) is 10.5 Å². The maximum absolute atomic E-state index is 9.64. The fourth-order valence-electron chi connectivity index (χ4n) is 2.60. The molecule has 0 atom stereocenters. The number of nitrogen functional groups attached to an aromatic ring is 1. The topological polar surface area (TPSA) is 101 Å². The van der Waals surface area contributed by atoms with Gasteiger partial charge in [0.1, 0.15) is 11.8 Å². The van der Waals surface area contributed by atoms with Crippen molar-refractivity contribution in [3.05, 3.63) is 47.8 Å². The van der Waals surface area contributed by atoms with E-state index in [1.54, 1.807) is 32.2 Å². The number of nitrogens with two attached hydrogens (primary N) is 1. The van der Waals surface area contributed by atoms with Crippen LogP contribution in [0.15, 0.2) is 36.4 Å². The third-order valence-corrected chi connectivity index (χ3v) is 3.84. The van der Waals surface area contributed by atoms with Gasteiger partial charge in [0, 0.05) is 19.5 Å². The highest BCUT2D eigenvalue weighted by Gasteiger charge is 2.12. The molecule has 3 rings (SSSR count). The number of hydrogen-bond acceptors (Lipinski definition) is 7. The minimum absolute atomic E-state index is 0.0689. The molecule has 7 heteroatoms. The van der Waals surface area contributed by atoms with Gasteiger partial charge in [-0.15, -0.1) is 0 Å². The molecule has 0 saturated heterocycles. The minimum Gasteiger partial charge on any atom is -0.496 e. The number of anilines is 2. The summed E-state index contributed by atoms with van der Waals surface area (Å²) in [6.07, 6.45) is 1.75. The Bertz CT molecular complexity index is 1040. The van der Waals surface area contributed by atoms with Crippen LogP contribution < -0.4 is 15.4 Å². The van der Waals surface area contributed by atoms with Gasteiger partial charge < -0.3 is 15.4 Å². The van der Waals surface area contributed by atoms with Crippen molar-refractivity contribution >= 4 is 34.3 Å². The minimum atomic E-state index is 0.0689. The molecule has 130 valence electrons. The molecule has 0 spiro atoms. The molecule has 7 nitrogen and oxygen atoms in total. The summed E-state index contributed by atoms with van der Waals surface area (Å²) in [7, 11) is 5.23. The predicted octanol–water partition coefficient (Wildman–Crippen LogP) is 2.75. The molecule has 0 saturated carbocycles.